The number of nitrogens with one attached hydrogen (secondary N) is 1. The fraction of sp³-hybridized carbons (Fsp3) is 0.389. The van der Waals surface area contributed by atoms with Crippen LogP contribution in [0.25, 0.3) is 0 Å². The number of nitriles is 1. The number of aryl methyl sites for hydroxylation is 1. The zero-order valence-electron chi connectivity index (χ0n) is 13.9. The first kappa shape index (κ1) is 16.4. The lowest BCUT2D eigenvalue weighted by Crippen LogP contribution is -2.46. The Morgan fingerprint density at radius 2 is 2.12 bits per heavy atom. The van der Waals surface area contributed by atoms with Gasteiger partial charge in [0.25, 0.3) is 0 Å². The van der Waals surface area contributed by atoms with Gasteiger partial charge in [-0.15, -0.1) is 0 Å². The summed E-state index contributed by atoms with van der Waals surface area (Å²) in [6.07, 6.45) is -0.0132. The summed E-state index contributed by atoms with van der Waals surface area (Å²) in [5.74, 6) is 0.468. The summed E-state index contributed by atoms with van der Waals surface area (Å²) in [5, 5.41) is 12.3. The van der Waals surface area contributed by atoms with E-state index in [0.29, 0.717) is 24.8 Å². The van der Waals surface area contributed by atoms with E-state index in [2.05, 4.69) is 45.4 Å². The standard InChI is InChI=1S/C18H21N5O/c1-13-10-15(11-19)22-18(21-13)20-12-16-17(23(2)8-9-24-16)14-6-4-3-5-7-14/h3-7,10,16-17H,8-9,12H2,1-2H3,(H,20,21,22)/t16-,17-/m0/s1. The van der Waals surface area contributed by atoms with E-state index in [9.17, 15) is 0 Å². The Balaban J connectivity index is 1.75. The van der Waals surface area contributed by atoms with E-state index in [1.807, 2.05) is 25.1 Å². The van der Waals surface area contributed by atoms with Gasteiger partial charge in [-0.25, -0.2) is 9.97 Å². The molecule has 1 aliphatic heterocycles. The molecule has 0 amide bonds. The smallest absolute Gasteiger partial charge is 0.224 e. The molecule has 6 nitrogen and oxygen atoms in total. The van der Waals surface area contributed by atoms with Gasteiger partial charge in [0.05, 0.1) is 18.8 Å². The summed E-state index contributed by atoms with van der Waals surface area (Å²) < 4.78 is 6.00. The number of benzene rings is 1. The Bertz CT molecular complexity index is 728. The number of hydrogen-bond acceptors (Lipinski definition) is 6. The number of morpholine rings is 1. The van der Waals surface area contributed by atoms with E-state index in [1.165, 1.54) is 5.56 Å². The third kappa shape index (κ3) is 3.70. The lowest BCUT2D eigenvalue weighted by Gasteiger charge is -2.39. The summed E-state index contributed by atoms with van der Waals surface area (Å²) in [6, 6.07) is 14.3. The second-order valence-corrected chi connectivity index (χ2v) is 5.96. The molecular weight excluding hydrogens is 302 g/mol. The first-order valence-electron chi connectivity index (χ1n) is 8.04. The van der Waals surface area contributed by atoms with Gasteiger partial charge in [-0.2, -0.15) is 5.26 Å². The van der Waals surface area contributed by atoms with E-state index < -0.39 is 0 Å². The van der Waals surface area contributed by atoms with Crippen molar-refractivity contribution in [2.75, 3.05) is 32.1 Å². The van der Waals surface area contributed by atoms with Crippen LogP contribution in [0, 0.1) is 18.3 Å². The van der Waals surface area contributed by atoms with Crippen LogP contribution in [0.3, 0.4) is 0 Å². The molecule has 0 unspecified atom stereocenters. The summed E-state index contributed by atoms with van der Waals surface area (Å²) in [6.45, 7) is 4.03. The number of nitrogens with zero attached hydrogens (tertiary/aromatic N) is 4. The van der Waals surface area contributed by atoms with Crippen LogP contribution in [0.2, 0.25) is 0 Å². The van der Waals surface area contributed by atoms with Crippen molar-refractivity contribution in [1.82, 2.24) is 14.9 Å². The van der Waals surface area contributed by atoms with Crippen LogP contribution in [0.5, 0.6) is 0 Å². The van der Waals surface area contributed by atoms with Gasteiger partial charge >= 0.3 is 0 Å². The number of rotatable bonds is 4. The topological polar surface area (TPSA) is 74.1 Å². The fourth-order valence-electron chi connectivity index (χ4n) is 3.05. The third-order valence-corrected chi connectivity index (χ3v) is 4.17. The highest BCUT2D eigenvalue weighted by atomic mass is 16.5. The summed E-state index contributed by atoms with van der Waals surface area (Å²) in [7, 11) is 2.12. The van der Waals surface area contributed by atoms with Gasteiger partial charge in [0.2, 0.25) is 5.95 Å². The molecule has 24 heavy (non-hydrogen) atoms. The highest BCUT2D eigenvalue weighted by Gasteiger charge is 2.31. The molecular formula is C18H21N5O. The summed E-state index contributed by atoms with van der Waals surface area (Å²) in [5.41, 5.74) is 2.37. The molecule has 1 fully saturated rings. The maximum absolute atomic E-state index is 9.03. The van der Waals surface area contributed by atoms with Gasteiger partial charge in [0, 0.05) is 18.8 Å². The maximum Gasteiger partial charge on any atom is 0.224 e. The monoisotopic (exact) mass is 323 g/mol. The second kappa shape index (κ2) is 7.39. The predicted molar refractivity (Wildman–Crippen MR) is 91.5 cm³/mol. The number of hydrogen-bond donors (Lipinski definition) is 1. The Morgan fingerprint density at radius 1 is 1.33 bits per heavy atom. The van der Waals surface area contributed by atoms with Gasteiger partial charge in [0.1, 0.15) is 11.8 Å². The number of likely N-dealkylation sites (N-methyl/N-ethyl adjacent to an activating group) is 1. The molecule has 1 N–H and O–H groups in total. The lowest BCUT2D eigenvalue weighted by atomic mass is 9.98. The molecule has 0 saturated carbocycles. The van der Waals surface area contributed by atoms with Crippen LogP contribution in [0.15, 0.2) is 36.4 Å². The van der Waals surface area contributed by atoms with E-state index in [0.717, 1.165) is 12.2 Å². The molecule has 0 radical (unpaired) electrons. The second-order valence-electron chi connectivity index (χ2n) is 5.96. The average molecular weight is 323 g/mol. The summed E-state index contributed by atoms with van der Waals surface area (Å²) >= 11 is 0. The van der Waals surface area contributed by atoms with Crippen molar-refractivity contribution in [2.45, 2.75) is 19.1 Å². The molecule has 0 aliphatic carbocycles. The average Bonchev–Trinajstić information content (AvgIpc) is 2.60. The van der Waals surface area contributed by atoms with Crippen molar-refractivity contribution >= 4 is 5.95 Å². The number of aromatic nitrogens is 2. The zero-order valence-corrected chi connectivity index (χ0v) is 13.9. The normalized spacial score (nSPS) is 21.2. The third-order valence-electron chi connectivity index (χ3n) is 4.17. The minimum absolute atomic E-state index is 0.0132. The first-order chi connectivity index (χ1) is 11.7. The van der Waals surface area contributed by atoms with Gasteiger partial charge in [-0.3, -0.25) is 4.90 Å². The van der Waals surface area contributed by atoms with E-state index in [-0.39, 0.29) is 12.1 Å². The van der Waals surface area contributed by atoms with Crippen LogP contribution in [0.1, 0.15) is 23.0 Å². The molecule has 1 saturated heterocycles. The molecule has 2 heterocycles. The van der Waals surface area contributed by atoms with Crippen LogP contribution in [0.4, 0.5) is 5.95 Å². The van der Waals surface area contributed by atoms with Gasteiger partial charge < -0.3 is 10.1 Å². The highest BCUT2D eigenvalue weighted by Crippen LogP contribution is 2.28. The van der Waals surface area contributed by atoms with Crippen LogP contribution in [-0.2, 0) is 4.74 Å². The van der Waals surface area contributed by atoms with Gasteiger partial charge in [-0.05, 0) is 25.6 Å². The number of anilines is 1. The van der Waals surface area contributed by atoms with E-state index in [4.69, 9.17) is 10.00 Å². The van der Waals surface area contributed by atoms with Crippen molar-refractivity contribution in [3.63, 3.8) is 0 Å². The Labute approximate surface area is 142 Å². The summed E-state index contributed by atoms with van der Waals surface area (Å²) in [4.78, 5) is 10.8. The SMILES string of the molecule is Cc1cc(C#N)nc(NC[C@@H]2OCCN(C)[C@H]2c2ccccc2)n1. The Morgan fingerprint density at radius 3 is 2.88 bits per heavy atom. The quantitative estimate of drug-likeness (QED) is 0.929. The molecule has 0 spiro atoms. The van der Waals surface area contributed by atoms with Crippen LogP contribution >= 0.6 is 0 Å². The minimum atomic E-state index is -0.0132. The largest absolute Gasteiger partial charge is 0.373 e. The molecule has 1 aliphatic rings. The molecule has 124 valence electrons. The predicted octanol–water partition coefficient (Wildman–Crippen LogP) is 2.14. The Hall–Kier alpha value is -2.49. The van der Waals surface area contributed by atoms with Crippen LogP contribution < -0.4 is 5.32 Å². The fourth-order valence-corrected chi connectivity index (χ4v) is 3.05. The molecule has 6 heteroatoms. The molecule has 2 aromatic rings. The zero-order chi connectivity index (χ0) is 16.9. The van der Waals surface area contributed by atoms with Gasteiger partial charge in [-0.1, -0.05) is 30.3 Å². The van der Waals surface area contributed by atoms with Crippen molar-refractivity contribution in [3.8, 4) is 6.07 Å². The Kier molecular flexibility index (Phi) is 5.04. The highest BCUT2D eigenvalue weighted by molar-refractivity contribution is 5.33. The maximum atomic E-state index is 9.03. The van der Waals surface area contributed by atoms with Crippen molar-refractivity contribution in [1.29, 1.82) is 5.26 Å². The van der Waals surface area contributed by atoms with Crippen molar-refractivity contribution in [2.24, 2.45) is 0 Å². The van der Waals surface area contributed by atoms with Crippen LogP contribution in [-0.4, -0.2) is 47.7 Å². The number of ether oxygens (including phenoxy) is 1. The first-order valence-corrected chi connectivity index (χ1v) is 8.04. The van der Waals surface area contributed by atoms with E-state index in [1.54, 1.807) is 6.07 Å². The van der Waals surface area contributed by atoms with E-state index >= 15 is 0 Å². The molecule has 2 atom stereocenters. The molecule has 1 aromatic heterocycles. The molecule has 3 rings (SSSR count). The van der Waals surface area contributed by atoms with Crippen molar-refractivity contribution in [3.05, 3.63) is 53.3 Å². The minimum Gasteiger partial charge on any atom is -0.373 e. The van der Waals surface area contributed by atoms with Crippen molar-refractivity contribution < 1.29 is 4.74 Å². The molecule has 1 aromatic carbocycles. The lowest BCUT2D eigenvalue weighted by molar-refractivity contribution is -0.0557. The molecule has 0 bridgehead atoms. The van der Waals surface area contributed by atoms with Gasteiger partial charge in [0.15, 0.2) is 0 Å².